The molecule has 0 aliphatic rings. The fourth-order valence-electron chi connectivity index (χ4n) is 0.736. The van der Waals surface area contributed by atoms with Gasteiger partial charge in [0.15, 0.2) is 0 Å². The van der Waals surface area contributed by atoms with E-state index >= 15 is 0 Å². The molecular formula is C9H9NS. The summed E-state index contributed by atoms with van der Waals surface area (Å²) in [7, 11) is 0. The number of hydrogen-bond acceptors (Lipinski definition) is 2. The summed E-state index contributed by atoms with van der Waals surface area (Å²) < 4.78 is 0. The Morgan fingerprint density at radius 3 is 2.91 bits per heavy atom. The van der Waals surface area contributed by atoms with Crippen molar-refractivity contribution in [3.63, 3.8) is 0 Å². The van der Waals surface area contributed by atoms with Gasteiger partial charge in [-0.3, -0.25) is 0 Å². The van der Waals surface area contributed by atoms with Gasteiger partial charge in [0.1, 0.15) is 5.03 Å². The third kappa shape index (κ3) is 1.95. The summed E-state index contributed by atoms with van der Waals surface area (Å²) in [5, 5.41) is 2.72. The summed E-state index contributed by atoms with van der Waals surface area (Å²) in [5.74, 6) is 0. The summed E-state index contributed by atoms with van der Waals surface area (Å²) in [6.45, 7) is 7.31. The minimum absolute atomic E-state index is 0.956. The van der Waals surface area contributed by atoms with Crippen LogP contribution < -0.4 is 0 Å². The zero-order valence-corrected chi connectivity index (χ0v) is 6.97. The molecule has 1 heterocycles. The van der Waals surface area contributed by atoms with Gasteiger partial charge in [0, 0.05) is 11.8 Å². The van der Waals surface area contributed by atoms with Crippen molar-refractivity contribution >= 4 is 17.8 Å². The van der Waals surface area contributed by atoms with Crippen molar-refractivity contribution in [2.24, 2.45) is 0 Å². The van der Waals surface area contributed by atoms with Crippen molar-refractivity contribution in [1.82, 2.24) is 4.98 Å². The Bertz CT molecular complexity index is 268. The second-order valence-electron chi connectivity index (χ2n) is 1.89. The minimum Gasteiger partial charge on any atom is -0.249 e. The second kappa shape index (κ2) is 3.98. The van der Waals surface area contributed by atoms with Crippen LogP contribution >= 0.6 is 11.8 Å². The van der Waals surface area contributed by atoms with Crippen LogP contribution in [0.5, 0.6) is 0 Å². The highest BCUT2D eigenvalue weighted by atomic mass is 32.2. The highest BCUT2D eigenvalue weighted by Gasteiger charge is 1.95. The van der Waals surface area contributed by atoms with Gasteiger partial charge in [-0.25, -0.2) is 4.98 Å². The standard InChI is InChI=1S/C9H9NS/c1-3-8-6-5-7-10-9(8)11-4-2/h3-7H,1-2H2. The molecule has 0 atom stereocenters. The first-order valence-corrected chi connectivity index (χ1v) is 4.11. The van der Waals surface area contributed by atoms with Crippen LogP contribution in [0, 0.1) is 0 Å². The van der Waals surface area contributed by atoms with Crippen LogP contribution in [0.1, 0.15) is 5.56 Å². The van der Waals surface area contributed by atoms with Gasteiger partial charge in [-0.15, -0.1) is 0 Å². The number of thioether (sulfide) groups is 1. The van der Waals surface area contributed by atoms with Crippen molar-refractivity contribution in [3.05, 3.63) is 42.5 Å². The molecule has 0 aromatic carbocycles. The van der Waals surface area contributed by atoms with Crippen molar-refractivity contribution in [2.45, 2.75) is 5.03 Å². The van der Waals surface area contributed by atoms with Gasteiger partial charge in [-0.2, -0.15) is 0 Å². The molecule has 0 aliphatic carbocycles. The van der Waals surface area contributed by atoms with Gasteiger partial charge in [0.05, 0.1) is 0 Å². The average Bonchev–Trinajstić information content (AvgIpc) is 2.06. The van der Waals surface area contributed by atoms with Gasteiger partial charge in [0.2, 0.25) is 0 Å². The summed E-state index contributed by atoms with van der Waals surface area (Å²) in [5.41, 5.74) is 1.05. The van der Waals surface area contributed by atoms with E-state index in [1.807, 2.05) is 12.1 Å². The van der Waals surface area contributed by atoms with E-state index in [-0.39, 0.29) is 0 Å². The Balaban J connectivity index is 3.01. The lowest BCUT2D eigenvalue weighted by Gasteiger charge is -1.98. The molecule has 0 bridgehead atoms. The third-order valence-electron chi connectivity index (χ3n) is 1.22. The van der Waals surface area contributed by atoms with E-state index in [4.69, 9.17) is 0 Å². The van der Waals surface area contributed by atoms with Crippen LogP contribution in [0.15, 0.2) is 41.9 Å². The molecule has 0 unspecified atom stereocenters. The first kappa shape index (κ1) is 8.08. The minimum atomic E-state index is 0.956. The summed E-state index contributed by atoms with van der Waals surface area (Å²) in [4.78, 5) is 4.16. The van der Waals surface area contributed by atoms with E-state index < -0.39 is 0 Å². The van der Waals surface area contributed by atoms with Crippen molar-refractivity contribution < 1.29 is 0 Å². The summed E-state index contributed by atoms with van der Waals surface area (Å²) >= 11 is 1.51. The highest BCUT2D eigenvalue weighted by Crippen LogP contribution is 2.20. The maximum atomic E-state index is 4.16. The number of pyridine rings is 1. The normalized spacial score (nSPS) is 9.09. The number of aromatic nitrogens is 1. The van der Waals surface area contributed by atoms with Crippen LogP contribution in [0.4, 0.5) is 0 Å². The van der Waals surface area contributed by atoms with Gasteiger partial charge >= 0.3 is 0 Å². The molecule has 1 nitrogen and oxygen atoms in total. The van der Waals surface area contributed by atoms with Gasteiger partial charge in [-0.1, -0.05) is 37.1 Å². The van der Waals surface area contributed by atoms with Crippen molar-refractivity contribution in [2.75, 3.05) is 0 Å². The quantitative estimate of drug-likeness (QED) is 0.635. The molecule has 0 saturated carbocycles. The van der Waals surface area contributed by atoms with Crippen LogP contribution in [-0.2, 0) is 0 Å². The van der Waals surface area contributed by atoms with E-state index in [9.17, 15) is 0 Å². The predicted molar refractivity (Wildman–Crippen MR) is 50.4 cm³/mol. The molecule has 0 aliphatic heterocycles. The first-order valence-electron chi connectivity index (χ1n) is 3.23. The Morgan fingerprint density at radius 2 is 2.27 bits per heavy atom. The molecule has 0 saturated heterocycles. The second-order valence-corrected chi connectivity index (χ2v) is 2.84. The Hall–Kier alpha value is -1.02. The summed E-state index contributed by atoms with van der Waals surface area (Å²) in [6.07, 6.45) is 3.55. The lowest BCUT2D eigenvalue weighted by Crippen LogP contribution is -1.80. The Morgan fingerprint density at radius 1 is 1.45 bits per heavy atom. The monoisotopic (exact) mass is 163 g/mol. The van der Waals surface area contributed by atoms with E-state index in [2.05, 4.69) is 18.1 Å². The molecule has 0 N–H and O–H groups in total. The molecule has 0 fully saturated rings. The lowest BCUT2D eigenvalue weighted by atomic mass is 10.3. The molecule has 1 aromatic heterocycles. The molecule has 1 rings (SSSR count). The van der Waals surface area contributed by atoms with Crippen molar-refractivity contribution in [1.29, 1.82) is 0 Å². The third-order valence-corrected chi connectivity index (χ3v) is 1.95. The fraction of sp³-hybridized carbons (Fsp3) is 0. The molecule has 0 radical (unpaired) electrons. The maximum absolute atomic E-state index is 4.16. The van der Waals surface area contributed by atoms with Crippen LogP contribution in [0.2, 0.25) is 0 Å². The largest absolute Gasteiger partial charge is 0.249 e. The van der Waals surface area contributed by atoms with Gasteiger partial charge < -0.3 is 0 Å². The highest BCUT2D eigenvalue weighted by molar-refractivity contribution is 8.02. The molecule has 0 amide bonds. The van der Waals surface area contributed by atoms with E-state index in [1.54, 1.807) is 17.7 Å². The van der Waals surface area contributed by atoms with Crippen molar-refractivity contribution in [3.8, 4) is 0 Å². The number of hydrogen-bond donors (Lipinski definition) is 0. The Labute approximate surface area is 70.9 Å². The SMILES string of the molecule is C=CSc1ncccc1C=C. The molecular weight excluding hydrogens is 154 g/mol. The zero-order chi connectivity index (χ0) is 8.10. The smallest absolute Gasteiger partial charge is 0.107 e. The van der Waals surface area contributed by atoms with Crippen LogP contribution in [0.3, 0.4) is 0 Å². The van der Waals surface area contributed by atoms with E-state index in [1.165, 1.54) is 11.8 Å². The lowest BCUT2D eigenvalue weighted by molar-refractivity contribution is 1.13. The van der Waals surface area contributed by atoms with E-state index in [0.29, 0.717) is 0 Å². The van der Waals surface area contributed by atoms with Crippen LogP contribution in [-0.4, -0.2) is 4.98 Å². The first-order chi connectivity index (χ1) is 5.38. The number of rotatable bonds is 3. The van der Waals surface area contributed by atoms with Gasteiger partial charge in [0.25, 0.3) is 0 Å². The van der Waals surface area contributed by atoms with Crippen LogP contribution in [0.25, 0.3) is 6.08 Å². The van der Waals surface area contributed by atoms with E-state index in [0.717, 1.165) is 10.6 Å². The Kier molecular flexibility index (Phi) is 2.93. The molecule has 1 aromatic rings. The average molecular weight is 163 g/mol. The van der Waals surface area contributed by atoms with Gasteiger partial charge in [-0.05, 0) is 11.5 Å². The predicted octanol–water partition coefficient (Wildman–Crippen LogP) is 2.96. The zero-order valence-electron chi connectivity index (χ0n) is 6.16. The molecule has 0 spiro atoms. The molecule has 56 valence electrons. The summed E-state index contributed by atoms with van der Waals surface area (Å²) in [6, 6.07) is 3.87. The maximum Gasteiger partial charge on any atom is 0.107 e. The molecule has 11 heavy (non-hydrogen) atoms. The molecule has 2 heteroatoms. The number of nitrogens with zero attached hydrogens (tertiary/aromatic N) is 1. The topological polar surface area (TPSA) is 12.9 Å². The fourth-order valence-corrected chi connectivity index (χ4v) is 1.30.